The maximum absolute atomic E-state index is 12.6. The van der Waals surface area contributed by atoms with Crippen molar-refractivity contribution in [1.29, 1.82) is 0 Å². The van der Waals surface area contributed by atoms with Gasteiger partial charge in [-0.15, -0.1) is 0 Å². The Labute approximate surface area is 138 Å². The topological polar surface area (TPSA) is 50.6 Å². The van der Waals surface area contributed by atoms with Crippen LogP contribution in [0, 0.1) is 13.8 Å². The molecule has 3 heterocycles. The second-order valence-corrected chi connectivity index (χ2v) is 6.77. The smallest absolute Gasteiger partial charge is 0.227 e. The second-order valence-electron chi connectivity index (χ2n) is 6.77. The molecule has 1 amide bonds. The molecule has 0 saturated carbocycles. The van der Waals surface area contributed by atoms with Crippen molar-refractivity contribution in [2.45, 2.75) is 39.2 Å². The first-order valence-electron chi connectivity index (χ1n) is 8.65. The van der Waals surface area contributed by atoms with Crippen LogP contribution in [0.4, 0.5) is 0 Å². The van der Waals surface area contributed by atoms with Gasteiger partial charge in [-0.05, 0) is 26.7 Å². The summed E-state index contributed by atoms with van der Waals surface area (Å²) in [4.78, 5) is 17.0. The molecule has 6 heteroatoms. The maximum atomic E-state index is 12.6. The first kappa shape index (κ1) is 16.5. The van der Waals surface area contributed by atoms with E-state index in [9.17, 15) is 4.79 Å². The van der Waals surface area contributed by atoms with E-state index in [2.05, 4.69) is 10.00 Å². The van der Waals surface area contributed by atoms with Gasteiger partial charge in [0.15, 0.2) is 0 Å². The van der Waals surface area contributed by atoms with Crippen LogP contribution in [-0.2, 0) is 23.0 Å². The molecule has 2 saturated heterocycles. The van der Waals surface area contributed by atoms with Crippen molar-refractivity contribution in [1.82, 2.24) is 19.6 Å². The van der Waals surface area contributed by atoms with Crippen molar-refractivity contribution in [3.63, 3.8) is 0 Å². The minimum absolute atomic E-state index is 0.223. The number of nitrogens with zero attached hydrogens (tertiary/aromatic N) is 4. The van der Waals surface area contributed by atoms with Gasteiger partial charge in [-0.2, -0.15) is 5.10 Å². The predicted octanol–water partition coefficient (Wildman–Crippen LogP) is 0.903. The standard InChI is InChI=1S/C17H28N4O2/c1-13-16(14(2)19(3)18-13)11-17(22)21-8-6-20(7-9-21)12-15-5-4-10-23-15/h15H,4-12H2,1-3H3. The molecule has 0 bridgehead atoms. The summed E-state index contributed by atoms with van der Waals surface area (Å²) in [5, 5.41) is 4.40. The number of piperazine rings is 1. The molecule has 3 rings (SSSR count). The Bertz CT molecular complexity index is 555. The molecule has 0 radical (unpaired) electrons. The van der Waals surface area contributed by atoms with E-state index in [0.29, 0.717) is 12.5 Å². The van der Waals surface area contributed by atoms with E-state index in [4.69, 9.17) is 4.74 Å². The largest absolute Gasteiger partial charge is 0.377 e. The van der Waals surface area contributed by atoms with E-state index >= 15 is 0 Å². The number of rotatable bonds is 4. The van der Waals surface area contributed by atoms with Crippen LogP contribution in [0.25, 0.3) is 0 Å². The molecule has 2 fully saturated rings. The molecule has 6 nitrogen and oxygen atoms in total. The molecule has 1 aromatic rings. The van der Waals surface area contributed by atoms with Gasteiger partial charge in [0.25, 0.3) is 0 Å². The average molecular weight is 320 g/mol. The van der Waals surface area contributed by atoms with Crippen LogP contribution in [0.2, 0.25) is 0 Å². The van der Waals surface area contributed by atoms with E-state index in [1.165, 1.54) is 12.8 Å². The van der Waals surface area contributed by atoms with Gasteiger partial charge in [0.1, 0.15) is 0 Å². The molecule has 23 heavy (non-hydrogen) atoms. The zero-order valence-corrected chi connectivity index (χ0v) is 14.5. The number of aromatic nitrogens is 2. The number of hydrogen-bond acceptors (Lipinski definition) is 4. The van der Waals surface area contributed by atoms with Crippen LogP contribution in [-0.4, -0.2) is 70.9 Å². The van der Waals surface area contributed by atoms with Crippen LogP contribution in [0.5, 0.6) is 0 Å². The van der Waals surface area contributed by atoms with Crippen LogP contribution >= 0.6 is 0 Å². The summed E-state index contributed by atoms with van der Waals surface area (Å²) in [6.45, 7) is 9.49. The van der Waals surface area contributed by atoms with E-state index in [1.54, 1.807) is 0 Å². The van der Waals surface area contributed by atoms with Crippen LogP contribution in [0.15, 0.2) is 0 Å². The Hall–Kier alpha value is -1.40. The summed E-state index contributed by atoms with van der Waals surface area (Å²) in [5.74, 6) is 0.223. The van der Waals surface area contributed by atoms with Gasteiger partial charge in [0.05, 0.1) is 18.2 Å². The van der Waals surface area contributed by atoms with Gasteiger partial charge in [0, 0.05) is 57.6 Å². The highest BCUT2D eigenvalue weighted by Crippen LogP contribution is 2.16. The maximum Gasteiger partial charge on any atom is 0.227 e. The number of amides is 1. The monoisotopic (exact) mass is 320 g/mol. The summed E-state index contributed by atoms with van der Waals surface area (Å²) in [6, 6.07) is 0. The molecule has 2 aliphatic heterocycles. The summed E-state index contributed by atoms with van der Waals surface area (Å²) in [7, 11) is 1.93. The highest BCUT2D eigenvalue weighted by molar-refractivity contribution is 5.79. The summed E-state index contributed by atoms with van der Waals surface area (Å²) in [6.07, 6.45) is 3.24. The lowest BCUT2D eigenvalue weighted by Crippen LogP contribution is -2.50. The molecule has 2 aliphatic rings. The van der Waals surface area contributed by atoms with Crippen LogP contribution in [0.1, 0.15) is 29.8 Å². The van der Waals surface area contributed by atoms with Gasteiger partial charge < -0.3 is 9.64 Å². The highest BCUT2D eigenvalue weighted by atomic mass is 16.5. The van der Waals surface area contributed by atoms with Gasteiger partial charge in [-0.3, -0.25) is 14.4 Å². The molecule has 0 aliphatic carbocycles. The Morgan fingerprint density at radius 3 is 2.57 bits per heavy atom. The third kappa shape index (κ3) is 3.75. The second kappa shape index (κ2) is 7.01. The molecule has 1 unspecified atom stereocenters. The summed E-state index contributed by atoms with van der Waals surface area (Å²) in [5.41, 5.74) is 3.14. The van der Waals surface area contributed by atoms with Gasteiger partial charge in [-0.25, -0.2) is 0 Å². The highest BCUT2D eigenvalue weighted by Gasteiger charge is 2.25. The lowest BCUT2D eigenvalue weighted by molar-refractivity contribution is -0.132. The lowest BCUT2D eigenvalue weighted by Gasteiger charge is -2.35. The number of ether oxygens (including phenoxy) is 1. The Kier molecular flexibility index (Phi) is 5.02. The fourth-order valence-electron chi connectivity index (χ4n) is 3.59. The van der Waals surface area contributed by atoms with Gasteiger partial charge in [0.2, 0.25) is 5.91 Å². The van der Waals surface area contributed by atoms with E-state index in [0.717, 1.165) is 56.3 Å². The molecule has 1 atom stereocenters. The van der Waals surface area contributed by atoms with Crippen molar-refractivity contribution in [2.75, 3.05) is 39.3 Å². The molecule has 128 valence electrons. The summed E-state index contributed by atoms with van der Waals surface area (Å²) < 4.78 is 7.56. The van der Waals surface area contributed by atoms with Crippen molar-refractivity contribution < 1.29 is 9.53 Å². The number of aryl methyl sites for hydroxylation is 2. The Morgan fingerprint density at radius 2 is 2.00 bits per heavy atom. The fraction of sp³-hybridized carbons (Fsp3) is 0.765. The minimum atomic E-state index is 0.223. The normalized spacial score (nSPS) is 22.7. The van der Waals surface area contributed by atoms with Crippen LogP contribution in [0.3, 0.4) is 0 Å². The van der Waals surface area contributed by atoms with Crippen molar-refractivity contribution in [3.05, 3.63) is 17.0 Å². The van der Waals surface area contributed by atoms with Crippen LogP contribution < -0.4 is 0 Å². The first-order valence-corrected chi connectivity index (χ1v) is 8.65. The van der Waals surface area contributed by atoms with E-state index in [1.807, 2.05) is 30.5 Å². The number of carbonyl (C=O) groups excluding carboxylic acids is 1. The third-order valence-electron chi connectivity index (χ3n) is 5.20. The third-order valence-corrected chi connectivity index (χ3v) is 5.20. The molecule has 0 aromatic carbocycles. The quantitative estimate of drug-likeness (QED) is 0.827. The van der Waals surface area contributed by atoms with Gasteiger partial charge in [-0.1, -0.05) is 0 Å². The Balaban J connectivity index is 1.50. The minimum Gasteiger partial charge on any atom is -0.377 e. The van der Waals surface area contributed by atoms with E-state index < -0.39 is 0 Å². The molecule has 1 aromatic heterocycles. The predicted molar refractivity (Wildman–Crippen MR) is 88.4 cm³/mol. The number of hydrogen-bond donors (Lipinski definition) is 0. The van der Waals surface area contributed by atoms with E-state index in [-0.39, 0.29) is 5.91 Å². The summed E-state index contributed by atoms with van der Waals surface area (Å²) >= 11 is 0. The lowest BCUT2D eigenvalue weighted by atomic mass is 10.1. The molecular formula is C17H28N4O2. The fourth-order valence-corrected chi connectivity index (χ4v) is 3.59. The zero-order valence-electron chi connectivity index (χ0n) is 14.5. The average Bonchev–Trinajstić information content (AvgIpc) is 3.12. The zero-order chi connectivity index (χ0) is 16.4. The van der Waals surface area contributed by atoms with Crippen molar-refractivity contribution in [3.8, 4) is 0 Å². The molecule has 0 N–H and O–H groups in total. The van der Waals surface area contributed by atoms with Crippen molar-refractivity contribution >= 4 is 5.91 Å². The first-order chi connectivity index (χ1) is 11.0. The number of carbonyl (C=O) groups is 1. The molecule has 0 spiro atoms. The SMILES string of the molecule is Cc1nn(C)c(C)c1CC(=O)N1CCN(CC2CCCO2)CC1. The van der Waals surface area contributed by atoms with Crippen molar-refractivity contribution in [2.24, 2.45) is 7.05 Å². The Morgan fingerprint density at radius 1 is 1.26 bits per heavy atom. The van der Waals surface area contributed by atoms with Gasteiger partial charge >= 0.3 is 0 Å². The molecular weight excluding hydrogens is 292 g/mol.